The predicted molar refractivity (Wildman–Crippen MR) is 98.5 cm³/mol. The summed E-state index contributed by atoms with van der Waals surface area (Å²) in [7, 11) is -3.12. The summed E-state index contributed by atoms with van der Waals surface area (Å²) >= 11 is 0. The van der Waals surface area contributed by atoms with Gasteiger partial charge in [-0.3, -0.25) is 9.59 Å². The third-order valence-corrected chi connectivity index (χ3v) is 6.57. The maximum absolute atomic E-state index is 12.4. The lowest BCUT2D eigenvalue weighted by Gasteiger charge is -2.27. The molecule has 8 heteroatoms. The third-order valence-electron chi connectivity index (χ3n) is 4.82. The van der Waals surface area contributed by atoms with E-state index < -0.39 is 15.9 Å². The van der Waals surface area contributed by atoms with Gasteiger partial charge >= 0.3 is 0 Å². The molecule has 1 aromatic rings. The van der Waals surface area contributed by atoms with Crippen LogP contribution in [-0.2, 0) is 25.8 Å². The molecule has 0 bridgehead atoms. The van der Waals surface area contributed by atoms with Crippen LogP contribution < -0.4 is 5.32 Å². The highest BCUT2D eigenvalue weighted by atomic mass is 32.2. The van der Waals surface area contributed by atoms with Crippen molar-refractivity contribution in [2.24, 2.45) is 5.10 Å². The van der Waals surface area contributed by atoms with Crippen molar-refractivity contribution in [3.05, 3.63) is 35.4 Å². The number of amides is 2. The van der Waals surface area contributed by atoms with Crippen LogP contribution in [0, 0.1) is 6.92 Å². The second-order valence-electron chi connectivity index (χ2n) is 6.77. The van der Waals surface area contributed by atoms with E-state index in [9.17, 15) is 18.0 Å². The van der Waals surface area contributed by atoms with Crippen LogP contribution in [0.1, 0.15) is 30.4 Å². The first-order chi connectivity index (χ1) is 12.4. The molecular weight excluding hydrogens is 354 g/mol. The Labute approximate surface area is 153 Å². The number of carbonyl (C=O) groups excluding carboxylic acids is 2. The van der Waals surface area contributed by atoms with E-state index in [0.717, 1.165) is 6.42 Å². The van der Waals surface area contributed by atoms with E-state index in [-0.39, 0.29) is 36.2 Å². The number of nitrogens with zero attached hydrogens (tertiary/aromatic N) is 2. The van der Waals surface area contributed by atoms with Crippen LogP contribution in [-0.4, -0.2) is 55.0 Å². The van der Waals surface area contributed by atoms with Crippen molar-refractivity contribution < 1.29 is 18.0 Å². The van der Waals surface area contributed by atoms with Crippen molar-refractivity contribution in [3.63, 3.8) is 0 Å². The molecular formula is C18H23N3O4S. The smallest absolute Gasteiger partial charge is 0.267 e. The SMILES string of the molecule is Cc1ccccc1CCNC(=O)C1=NN(C2CCS(=O)(=O)C2)C(=O)CC1. The van der Waals surface area contributed by atoms with Gasteiger partial charge < -0.3 is 5.32 Å². The van der Waals surface area contributed by atoms with Gasteiger partial charge in [-0.25, -0.2) is 13.4 Å². The first-order valence-corrected chi connectivity index (χ1v) is 10.6. The van der Waals surface area contributed by atoms with Crippen LogP contribution in [0.4, 0.5) is 0 Å². The maximum Gasteiger partial charge on any atom is 0.267 e. The molecule has 140 valence electrons. The van der Waals surface area contributed by atoms with Gasteiger partial charge in [0.25, 0.3) is 5.91 Å². The minimum absolute atomic E-state index is 0.0644. The Balaban J connectivity index is 1.60. The Bertz CT molecular complexity index is 848. The van der Waals surface area contributed by atoms with Crippen molar-refractivity contribution in [2.75, 3.05) is 18.1 Å². The first kappa shape index (κ1) is 18.6. The molecule has 1 fully saturated rings. The largest absolute Gasteiger partial charge is 0.351 e. The highest BCUT2D eigenvalue weighted by molar-refractivity contribution is 7.91. The Morgan fingerprint density at radius 3 is 2.77 bits per heavy atom. The molecule has 26 heavy (non-hydrogen) atoms. The van der Waals surface area contributed by atoms with Crippen LogP contribution in [0.25, 0.3) is 0 Å². The quantitative estimate of drug-likeness (QED) is 0.822. The average molecular weight is 377 g/mol. The molecule has 7 nitrogen and oxygen atoms in total. The monoisotopic (exact) mass is 377 g/mol. The van der Waals surface area contributed by atoms with Gasteiger partial charge in [-0.2, -0.15) is 5.10 Å². The van der Waals surface area contributed by atoms with E-state index in [1.54, 1.807) is 0 Å². The van der Waals surface area contributed by atoms with Crippen LogP contribution >= 0.6 is 0 Å². The highest BCUT2D eigenvalue weighted by Gasteiger charge is 2.37. The van der Waals surface area contributed by atoms with E-state index in [4.69, 9.17) is 0 Å². The summed E-state index contributed by atoms with van der Waals surface area (Å²) in [5.74, 6) is -0.528. The van der Waals surface area contributed by atoms with E-state index in [0.29, 0.717) is 18.7 Å². The van der Waals surface area contributed by atoms with E-state index in [2.05, 4.69) is 10.4 Å². The molecule has 1 unspecified atom stereocenters. The second-order valence-corrected chi connectivity index (χ2v) is 9.00. The molecule has 2 heterocycles. The standard InChI is InChI=1S/C18H23N3O4S/c1-13-4-2-3-5-14(13)8-10-19-18(23)16-6-7-17(22)21(20-16)15-9-11-26(24,25)12-15/h2-5,15H,6-12H2,1H3,(H,19,23). The Hall–Kier alpha value is -2.22. The van der Waals surface area contributed by atoms with Gasteiger partial charge in [-0.1, -0.05) is 24.3 Å². The molecule has 0 aliphatic carbocycles. The zero-order valence-electron chi connectivity index (χ0n) is 14.8. The maximum atomic E-state index is 12.4. The van der Waals surface area contributed by atoms with Gasteiger partial charge in [0.15, 0.2) is 9.84 Å². The van der Waals surface area contributed by atoms with Gasteiger partial charge in [0.2, 0.25) is 5.91 Å². The molecule has 0 saturated carbocycles. The van der Waals surface area contributed by atoms with Gasteiger partial charge in [0.1, 0.15) is 5.71 Å². The molecule has 0 aromatic heterocycles. The molecule has 0 radical (unpaired) electrons. The average Bonchev–Trinajstić information content (AvgIpc) is 2.96. The van der Waals surface area contributed by atoms with Gasteiger partial charge in [-0.05, 0) is 30.9 Å². The van der Waals surface area contributed by atoms with Crippen LogP contribution in [0.2, 0.25) is 0 Å². The molecule has 1 atom stereocenters. The molecule has 2 aliphatic rings. The van der Waals surface area contributed by atoms with Crippen molar-refractivity contribution in [2.45, 2.75) is 38.6 Å². The van der Waals surface area contributed by atoms with E-state index in [1.807, 2.05) is 31.2 Å². The van der Waals surface area contributed by atoms with Gasteiger partial charge in [-0.15, -0.1) is 0 Å². The fourth-order valence-electron chi connectivity index (χ4n) is 3.29. The minimum Gasteiger partial charge on any atom is -0.351 e. The van der Waals surface area contributed by atoms with Crippen LogP contribution in [0.3, 0.4) is 0 Å². The highest BCUT2D eigenvalue weighted by Crippen LogP contribution is 2.22. The number of hydrogen-bond acceptors (Lipinski definition) is 5. The van der Waals surface area contributed by atoms with Gasteiger partial charge in [0.05, 0.1) is 17.5 Å². The van der Waals surface area contributed by atoms with Crippen LogP contribution in [0.5, 0.6) is 0 Å². The number of sulfone groups is 1. The Morgan fingerprint density at radius 2 is 2.08 bits per heavy atom. The second kappa shape index (κ2) is 7.57. The van der Waals surface area contributed by atoms with Crippen molar-refractivity contribution in [3.8, 4) is 0 Å². The summed E-state index contributed by atoms with van der Waals surface area (Å²) in [4.78, 5) is 24.5. The predicted octanol–water partition coefficient (Wildman–Crippen LogP) is 0.819. The lowest BCUT2D eigenvalue weighted by molar-refractivity contribution is -0.133. The third kappa shape index (κ3) is 4.30. The van der Waals surface area contributed by atoms with Crippen molar-refractivity contribution in [1.29, 1.82) is 0 Å². The Kier molecular flexibility index (Phi) is 5.41. The summed E-state index contributed by atoms with van der Waals surface area (Å²) < 4.78 is 23.3. The number of benzene rings is 1. The van der Waals surface area contributed by atoms with Gasteiger partial charge in [0, 0.05) is 19.4 Å². The minimum atomic E-state index is -3.12. The summed E-state index contributed by atoms with van der Waals surface area (Å²) in [6.45, 7) is 2.51. The van der Waals surface area contributed by atoms with E-state index >= 15 is 0 Å². The lowest BCUT2D eigenvalue weighted by Crippen LogP contribution is -2.44. The summed E-state index contributed by atoms with van der Waals surface area (Å²) in [6.07, 6.45) is 1.56. The van der Waals surface area contributed by atoms with E-state index in [1.165, 1.54) is 16.1 Å². The fourth-order valence-corrected chi connectivity index (χ4v) is 4.98. The lowest BCUT2D eigenvalue weighted by atomic mass is 10.1. The molecule has 1 saturated heterocycles. The normalized spacial score (nSPS) is 22.2. The zero-order chi connectivity index (χ0) is 18.7. The molecule has 2 amide bonds. The zero-order valence-corrected chi connectivity index (χ0v) is 15.6. The number of hydrazone groups is 1. The number of aryl methyl sites for hydroxylation is 1. The molecule has 1 aromatic carbocycles. The number of hydrogen-bond donors (Lipinski definition) is 1. The molecule has 2 aliphatic heterocycles. The van der Waals surface area contributed by atoms with Crippen LogP contribution in [0.15, 0.2) is 29.4 Å². The molecule has 3 rings (SSSR count). The number of rotatable bonds is 5. The van der Waals surface area contributed by atoms with Crippen molar-refractivity contribution in [1.82, 2.24) is 10.3 Å². The first-order valence-electron chi connectivity index (χ1n) is 8.78. The number of nitrogens with one attached hydrogen (secondary N) is 1. The fraction of sp³-hybridized carbons (Fsp3) is 0.500. The topological polar surface area (TPSA) is 95.9 Å². The molecule has 0 spiro atoms. The summed E-state index contributed by atoms with van der Waals surface area (Å²) in [6, 6.07) is 7.54. The molecule has 1 N–H and O–H groups in total. The summed E-state index contributed by atoms with van der Waals surface area (Å²) in [5, 5.41) is 8.23. The summed E-state index contributed by atoms with van der Waals surface area (Å²) in [5.41, 5.74) is 2.64. The Morgan fingerprint density at radius 1 is 1.31 bits per heavy atom. The van der Waals surface area contributed by atoms with Crippen molar-refractivity contribution >= 4 is 27.4 Å². The number of carbonyl (C=O) groups is 2.